The van der Waals surface area contributed by atoms with Gasteiger partial charge in [0.2, 0.25) is 0 Å². The van der Waals surface area contributed by atoms with Crippen molar-refractivity contribution >= 4 is 41.2 Å². The third kappa shape index (κ3) is 6.07. The van der Waals surface area contributed by atoms with Crippen molar-refractivity contribution in [3.05, 3.63) is 75.8 Å². The number of carbonyl (C=O) groups excluding carboxylic acids is 2. The van der Waals surface area contributed by atoms with Gasteiger partial charge in [-0.15, -0.1) is 0 Å². The Labute approximate surface area is 150 Å². The predicted molar refractivity (Wildman–Crippen MR) is 94.7 cm³/mol. The van der Waals surface area contributed by atoms with E-state index in [4.69, 9.17) is 27.9 Å². The highest BCUT2D eigenvalue weighted by atomic mass is 35.5. The van der Waals surface area contributed by atoms with Gasteiger partial charge < -0.3 is 10.1 Å². The Balaban J connectivity index is 1.74. The van der Waals surface area contributed by atoms with Crippen LogP contribution in [0.3, 0.4) is 0 Å². The fraction of sp³-hybridized carbons (Fsp3) is 0.111. The fourth-order valence-electron chi connectivity index (χ4n) is 1.82. The number of rotatable bonds is 6. The maximum absolute atomic E-state index is 11.7. The quantitative estimate of drug-likeness (QED) is 0.626. The molecule has 0 saturated carbocycles. The number of hydrogen-bond acceptors (Lipinski definition) is 3. The van der Waals surface area contributed by atoms with Crippen LogP contribution in [0.4, 0.5) is 0 Å². The summed E-state index contributed by atoms with van der Waals surface area (Å²) in [7, 11) is 0. The molecule has 0 atom stereocenters. The summed E-state index contributed by atoms with van der Waals surface area (Å²) in [6.07, 6.45) is 2.90. The van der Waals surface area contributed by atoms with Gasteiger partial charge in [0.25, 0.3) is 5.91 Å². The zero-order chi connectivity index (χ0) is 17.4. The Hall–Kier alpha value is -2.30. The molecule has 0 radical (unpaired) electrons. The van der Waals surface area contributed by atoms with Crippen LogP contribution in [0.2, 0.25) is 10.0 Å². The van der Waals surface area contributed by atoms with Crippen molar-refractivity contribution < 1.29 is 14.3 Å². The molecule has 6 heteroatoms. The number of benzene rings is 2. The number of amides is 1. The van der Waals surface area contributed by atoms with E-state index in [0.717, 1.165) is 11.1 Å². The molecular formula is C18H15Cl2NO3. The van der Waals surface area contributed by atoms with Gasteiger partial charge >= 0.3 is 5.97 Å². The molecule has 1 N–H and O–H groups in total. The van der Waals surface area contributed by atoms with Crippen LogP contribution in [0.25, 0.3) is 6.08 Å². The van der Waals surface area contributed by atoms with Gasteiger partial charge in [0.05, 0.1) is 0 Å². The molecular weight excluding hydrogens is 349 g/mol. The highest BCUT2D eigenvalue weighted by Gasteiger charge is 2.07. The van der Waals surface area contributed by atoms with E-state index in [0.29, 0.717) is 10.0 Å². The van der Waals surface area contributed by atoms with E-state index >= 15 is 0 Å². The van der Waals surface area contributed by atoms with Gasteiger partial charge in [-0.2, -0.15) is 0 Å². The predicted octanol–water partition coefficient (Wildman–Crippen LogP) is 3.87. The van der Waals surface area contributed by atoms with Gasteiger partial charge in [-0.05, 0) is 29.3 Å². The lowest BCUT2D eigenvalue weighted by molar-refractivity contribution is -0.143. The molecule has 124 valence electrons. The van der Waals surface area contributed by atoms with Crippen molar-refractivity contribution in [3.8, 4) is 0 Å². The molecule has 24 heavy (non-hydrogen) atoms. The molecule has 0 bridgehead atoms. The van der Waals surface area contributed by atoms with E-state index in [1.54, 1.807) is 24.3 Å². The van der Waals surface area contributed by atoms with E-state index in [1.165, 1.54) is 6.08 Å². The highest BCUT2D eigenvalue weighted by molar-refractivity contribution is 6.35. The lowest BCUT2D eigenvalue weighted by Gasteiger charge is -2.07. The van der Waals surface area contributed by atoms with Crippen LogP contribution in [0.1, 0.15) is 11.1 Å². The second-order valence-corrected chi connectivity index (χ2v) is 5.71. The van der Waals surface area contributed by atoms with Crippen LogP contribution in [0, 0.1) is 0 Å². The molecule has 0 spiro atoms. The molecule has 2 aromatic rings. The average Bonchev–Trinajstić information content (AvgIpc) is 2.58. The van der Waals surface area contributed by atoms with E-state index in [-0.39, 0.29) is 13.2 Å². The van der Waals surface area contributed by atoms with Gasteiger partial charge in [-0.3, -0.25) is 4.79 Å². The molecule has 0 aromatic heterocycles. The number of hydrogen-bond donors (Lipinski definition) is 1. The summed E-state index contributed by atoms with van der Waals surface area (Å²) in [5, 5.41) is 3.61. The highest BCUT2D eigenvalue weighted by Crippen LogP contribution is 2.20. The summed E-state index contributed by atoms with van der Waals surface area (Å²) in [5.74, 6) is -0.999. The van der Waals surface area contributed by atoms with E-state index in [1.807, 2.05) is 30.3 Å². The van der Waals surface area contributed by atoms with E-state index < -0.39 is 11.9 Å². The second kappa shape index (κ2) is 9.11. The van der Waals surface area contributed by atoms with Crippen LogP contribution in [0.15, 0.2) is 54.6 Å². The Morgan fingerprint density at radius 2 is 1.83 bits per heavy atom. The van der Waals surface area contributed by atoms with E-state index in [2.05, 4.69) is 5.32 Å². The minimum Gasteiger partial charge on any atom is -0.452 e. The van der Waals surface area contributed by atoms with Gasteiger partial charge in [0.1, 0.15) is 0 Å². The van der Waals surface area contributed by atoms with Crippen LogP contribution in [-0.2, 0) is 20.9 Å². The largest absolute Gasteiger partial charge is 0.452 e. The smallest absolute Gasteiger partial charge is 0.331 e. The normalized spacial score (nSPS) is 10.6. The first-order valence-corrected chi connectivity index (χ1v) is 7.91. The minimum absolute atomic E-state index is 0.228. The number of ether oxygens (including phenoxy) is 1. The molecule has 0 heterocycles. The molecule has 0 aliphatic heterocycles. The molecule has 1 amide bonds. The molecule has 0 aliphatic rings. The van der Waals surface area contributed by atoms with Crippen molar-refractivity contribution in [1.29, 1.82) is 0 Å². The molecule has 4 nitrogen and oxygen atoms in total. The summed E-state index contributed by atoms with van der Waals surface area (Å²) in [5.41, 5.74) is 1.60. The molecule has 2 aromatic carbocycles. The van der Waals surface area contributed by atoms with Gasteiger partial charge in [-0.1, -0.05) is 59.6 Å². The topological polar surface area (TPSA) is 55.4 Å². The van der Waals surface area contributed by atoms with Crippen LogP contribution >= 0.6 is 23.2 Å². The second-order valence-electron chi connectivity index (χ2n) is 4.86. The maximum Gasteiger partial charge on any atom is 0.331 e. The zero-order valence-corrected chi connectivity index (χ0v) is 14.2. The van der Waals surface area contributed by atoms with Crippen molar-refractivity contribution in [1.82, 2.24) is 5.32 Å². The Morgan fingerprint density at radius 1 is 1.08 bits per heavy atom. The summed E-state index contributed by atoms with van der Waals surface area (Å²) < 4.78 is 4.87. The van der Waals surface area contributed by atoms with Gasteiger partial charge in [0.15, 0.2) is 6.61 Å². The lowest BCUT2D eigenvalue weighted by atomic mass is 10.2. The van der Waals surface area contributed by atoms with Crippen molar-refractivity contribution in [2.75, 3.05) is 6.61 Å². The lowest BCUT2D eigenvalue weighted by Crippen LogP contribution is -2.28. The molecule has 0 saturated heterocycles. The molecule has 0 unspecified atom stereocenters. The monoisotopic (exact) mass is 363 g/mol. The van der Waals surface area contributed by atoms with E-state index in [9.17, 15) is 9.59 Å². The molecule has 2 rings (SSSR count). The van der Waals surface area contributed by atoms with Crippen molar-refractivity contribution in [3.63, 3.8) is 0 Å². The SMILES string of the molecule is O=C(COC(=O)/C=C/c1ccccc1)NCc1ccc(Cl)cc1Cl. The number of esters is 1. The number of nitrogens with one attached hydrogen (secondary N) is 1. The Bertz CT molecular complexity index is 745. The first-order chi connectivity index (χ1) is 11.5. The average molecular weight is 364 g/mol. The van der Waals surface area contributed by atoms with Crippen LogP contribution in [0.5, 0.6) is 0 Å². The van der Waals surface area contributed by atoms with Crippen molar-refractivity contribution in [2.45, 2.75) is 6.54 Å². The zero-order valence-electron chi connectivity index (χ0n) is 12.7. The Kier molecular flexibility index (Phi) is 6.85. The first-order valence-electron chi connectivity index (χ1n) is 7.15. The number of carbonyl (C=O) groups is 2. The number of halogens is 2. The van der Waals surface area contributed by atoms with Crippen LogP contribution in [-0.4, -0.2) is 18.5 Å². The third-order valence-electron chi connectivity index (χ3n) is 3.05. The first kappa shape index (κ1) is 18.0. The maximum atomic E-state index is 11.7. The Morgan fingerprint density at radius 3 is 2.54 bits per heavy atom. The third-order valence-corrected chi connectivity index (χ3v) is 3.64. The van der Waals surface area contributed by atoms with Crippen LogP contribution < -0.4 is 5.32 Å². The molecule has 0 fully saturated rings. The summed E-state index contributed by atoms with van der Waals surface area (Å²) in [6.45, 7) is -0.130. The molecule has 0 aliphatic carbocycles. The standard InChI is InChI=1S/C18H15Cl2NO3/c19-15-8-7-14(16(20)10-15)11-21-17(22)12-24-18(23)9-6-13-4-2-1-3-5-13/h1-10H,11-12H2,(H,21,22)/b9-6+. The van der Waals surface area contributed by atoms with Crippen molar-refractivity contribution in [2.24, 2.45) is 0 Å². The minimum atomic E-state index is -0.585. The summed E-state index contributed by atoms with van der Waals surface area (Å²) in [4.78, 5) is 23.3. The fourth-order valence-corrected chi connectivity index (χ4v) is 2.30. The summed E-state index contributed by atoms with van der Waals surface area (Å²) >= 11 is 11.8. The van der Waals surface area contributed by atoms with Gasteiger partial charge in [-0.25, -0.2) is 4.79 Å². The van der Waals surface area contributed by atoms with Gasteiger partial charge in [0, 0.05) is 22.7 Å². The summed E-state index contributed by atoms with van der Waals surface area (Å²) in [6, 6.07) is 14.3.